The van der Waals surface area contributed by atoms with E-state index in [2.05, 4.69) is 5.32 Å². The zero-order valence-electron chi connectivity index (χ0n) is 11.8. The Kier molecular flexibility index (Phi) is 3.66. The Hall–Kier alpha value is -1.91. The van der Waals surface area contributed by atoms with Crippen molar-refractivity contribution in [3.8, 4) is 5.75 Å². The van der Waals surface area contributed by atoms with Crippen LogP contribution in [0.2, 0.25) is 0 Å². The number of benzene rings is 2. The first kappa shape index (κ1) is 14.0. The number of hydrogen-bond donors (Lipinski definition) is 2. The lowest BCUT2D eigenvalue weighted by molar-refractivity contribution is -0.0496. The summed E-state index contributed by atoms with van der Waals surface area (Å²) in [6, 6.07) is 14.0. The van der Waals surface area contributed by atoms with Crippen molar-refractivity contribution in [2.24, 2.45) is 0 Å². The van der Waals surface area contributed by atoms with Gasteiger partial charge in [-0.15, -0.1) is 0 Å². The number of likely N-dealkylation sites (N-methyl/N-ethyl adjacent to an activating group) is 1. The maximum absolute atomic E-state index is 13.8. The molecule has 2 aromatic carbocycles. The van der Waals surface area contributed by atoms with Crippen molar-refractivity contribution >= 4 is 0 Å². The molecule has 1 aliphatic rings. The summed E-state index contributed by atoms with van der Waals surface area (Å²) in [5.41, 5.74) is 0.871. The predicted octanol–water partition coefficient (Wildman–Crippen LogP) is 2.45. The molecule has 2 N–H and O–H groups in total. The quantitative estimate of drug-likeness (QED) is 0.907. The second-order valence-electron chi connectivity index (χ2n) is 5.44. The molecule has 0 saturated heterocycles. The molecule has 0 amide bonds. The van der Waals surface area contributed by atoms with Gasteiger partial charge in [-0.2, -0.15) is 0 Å². The molecule has 2 atom stereocenters. The van der Waals surface area contributed by atoms with E-state index in [9.17, 15) is 9.50 Å². The van der Waals surface area contributed by atoms with Gasteiger partial charge in [0.25, 0.3) is 0 Å². The van der Waals surface area contributed by atoms with E-state index in [-0.39, 0.29) is 5.75 Å². The monoisotopic (exact) mass is 287 g/mol. The molecular weight excluding hydrogens is 269 g/mol. The first-order chi connectivity index (χ1) is 10.1. The summed E-state index contributed by atoms with van der Waals surface area (Å²) in [7, 11) is 1.78. The summed E-state index contributed by atoms with van der Waals surface area (Å²) in [6.45, 7) is 0.376. The molecule has 0 aliphatic heterocycles. The molecule has 1 aliphatic carbocycles. The molecule has 110 valence electrons. The summed E-state index contributed by atoms with van der Waals surface area (Å²) in [5, 5.41) is 13.9. The summed E-state index contributed by atoms with van der Waals surface area (Å²) >= 11 is 0. The van der Waals surface area contributed by atoms with Crippen molar-refractivity contribution in [1.29, 1.82) is 0 Å². The van der Waals surface area contributed by atoms with Gasteiger partial charge in [-0.25, -0.2) is 4.39 Å². The van der Waals surface area contributed by atoms with Crippen LogP contribution < -0.4 is 10.1 Å². The largest absolute Gasteiger partial charge is 0.480 e. The third kappa shape index (κ3) is 2.52. The molecule has 0 radical (unpaired) electrons. The lowest BCUT2D eigenvalue weighted by Crippen LogP contribution is -2.45. The minimum absolute atomic E-state index is 0.161. The van der Waals surface area contributed by atoms with E-state index in [1.54, 1.807) is 25.2 Å². The molecule has 0 aromatic heterocycles. The van der Waals surface area contributed by atoms with Crippen LogP contribution in [0.4, 0.5) is 4.39 Å². The maximum Gasteiger partial charge on any atom is 0.165 e. The minimum atomic E-state index is -1.08. The van der Waals surface area contributed by atoms with Crippen LogP contribution in [0.1, 0.15) is 17.2 Å². The number of fused-ring (bicyclic) bond motifs is 1. The highest BCUT2D eigenvalue weighted by Gasteiger charge is 2.46. The van der Waals surface area contributed by atoms with Crippen LogP contribution in [-0.4, -0.2) is 24.3 Å². The molecule has 21 heavy (non-hydrogen) atoms. The molecule has 0 bridgehead atoms. The van der Waals surface area contributed by atoms with Gasteiger partial charge < -0.3 is 15.2 Å². The van der Waals surface area contributed by atoms with Crippen molar-refractivity contribution < 1.29 is 14.2 Å². The normalized spacial score (nSPS) is 23.9. The highest BCUT2D eigenvalue weighted by Crippen LogP contribution is 2.42. The van der Waals surface area contributed by atoms with Gasteiger partial charge in [0.05, 0.1) is 0 Å². The molecule has 4 heteroatoms. The van der Waals surface area contributed by atoms with Gasteiger partial charge in [0.15, 0.2) is 17.7 Å². The first-order valence-corrected chi connectivity index (χ1v) is 7.00. The number of halogens is 1. The average Bonchev–Trinajstić information content (AvgIpc) is 2.74. The van der Waals surface area contributed by atoms with Gasteiger partial charge in [0.1, 0.15) is 5.60 Å². The van der Waals surface area contributed by atoms with Gasteiger partial charge in [0, 0.05) is 13.0 Å². The molecule has 0 heterocycles. The van der Waals surface area contributed by atoms with Gasteiger partial charge in [-0.3, -0.25) is 0 Å². The van der Waals surface area contributed by atoms with E-state index >= 15 is 0 Å². The van der Waals surface area contributed by atoms with Crippen LogP contribution in [0, 0.1) is 5.82 Å². The summed E-state index contributed by atoms with van der Waals surface area (Å²) in [5.74, 6) is -0.262. The molecule has 0 spiro atoms. The molecule has 0 saturated carbocycles. The van der Waals surface area contributed by atoms with Crippen molar-refractivity contribution in [1.82, 2.24) is 5.32 Å². The summed E-state index contributed by atoms with van der Waals surface area (Å²) in [6.07, 6.45) is -0.0959. The molecule has 3 nitrogen and oxygen atoms in total. The van der Waals surface area contributed by atoms with Crippen LogP contribution >= 0.6 is 0 Å². The fraction of sp³-hybridized carbons (Fsp3) is 0.294. The van der Waals surface area contributed by atoms with Gasteiger partial charge in [0.2, 0.25) is 0 Å². The topological polar surface area (TPSA) is 41.5 Å². The number of ether oxygens (including phenoxy) is 1. The number of nitrogens with one attached hydrogen (secondary N) is 1. The molecule has 0 fully saturated rings. The van der Waals surface area contributed by atoms with Crippen molar-refractivity contribution in [2.45, 2.75) is 18.1 Å². The molecular formula is C17H18FNO2. The van der Waals surface area contributed by atoms with Crippen LogP contribution in [0.25, 0.3) is 0 Å². The van der Waals surface area contributed by atoms with Gasteiger partial charge in [-0.1, -0.05) is 36.4 Å². The Bertz CT molecular complexity index is 646. The molecule has 2 aromatic rings. The first-order valence-electron chi connectivity index (χ1n) is 7.00. The van der Waals surface area contributed by atoms with E-state index in [1.807, 2.05) is 24.3 Å². The Balaban J connectivity index is 1.98. The standard InChI is InChI=1S/C17H18FNO2/c1-19-11-17(20)10-12-6-2-3-7-13(12)16(17)21-15-9-5-4-8-14(15)18/h2-9,16,19-20H,10-11H2,1H3. The SMILES string of the molecule is CNCC1(O)Cc2ccccc2C1Oc1ccccc1F. The minimum Gasteiger partial charge on any atom is -0.480 e. The van der Waals surface area contributed by atoms with Crippen LogP contribution in [0.3, 0.4) is 0 Å². The fourth-order valence-electron chi connectivity index (χ4n) is 2.96. The second kappa shape index (κ2) is 5.47. The van der Waals surface area contributed by atoms with Crippen LogP contribution in [0.5, 0.6) is 5.75 Å². The van der Waals surface area contributed by atoms with Crippen molar-refractivity contribution in [3.63, 3.8) is 0 Å². The zero-order chi connectivity index (χ0) is 14.9. The van der Waals surface area contributed by atoms with Gasteiger partial charge >= 0.3 is 0 Å². The zero-order valence-corrected chi connectivity index (χ0v) is 11.8. The Morgan fingerprint density at radius 2 is 1.95 bits per heavy atom. The van der Waals surface area contributed by atoms with Crippen LogP contribution in [0.15, 0.2) is 48.5 Å². The highest BCUT2D eigenvalue weighted by molar-refractivity contribution is 5.40. The number of aliphatic hydroxyl groups is 1. The Morgan fingerprint density at radius 1 is 1.24 bits per heavy atom. The van der Waals surface area contributed by atoms with Gasteiger partial charge in [-0.05, 0) is 30.3 Å². The van der Waals surface area contributed by atoms with Crippen molar-refractivity contribution in [2.75, 3.05) is 13.6 Å². The van der Waals surface area contributed by atoms with Crippen molar-refractivity contribution in [3.05, 3.63) is 65.5 Å². The third-order valence-corrected chi connectivity index (χ3v) is 3.89. The lowest BCUT2D eigenvalue weighted by atomic mass is 9.97. The predicted molar refractivity (Wildman–Crippen MR) is 78.8 cm³/mol. The van der Waals surface area contributed by atoms with E-state index in [1.165, 1.54) is 6.07 Å². The highest BCUT2D eigenvalue weighted by atomic mass is 19.1. The number of hydrogen-bond acceptors (Lipinski definition) is 3. The number of rotatable bonds is 4. The lowest BCUT2D eigenvalue weighted by Gasteiger charge is -2.30. The summed E-state index contributed by atoms with van der Waals surface area (Å²) < 4.78 is 19.7. The summed E-state index contributed by atoms with van der Waals surface area (Å²) in [4.78, 5) is 0. The molecule has 2 unspecified atom stereocenters. The average molecular weight is 287 g/mol. The van der Waals surface area contributed by atoms with E-state index in [4.69, 9.17) is 4.74 Å². The van der Waals surface area contributed by atoms with E-state index in [0.717, 1.165) is 11.1 Å². The number of para-hydroxylation sites is 1. The fourth-order valence-corrected chi connectivity index (χ4v) is 2.96. The third-order valence-electron chi connectivity index (χ3n) is 3.89. The smallest absolute Gasteiger partial charge is 0.165 e. The Labute approximate surface area is 123 Å². The second-order valence-corrected chi connectivity index (χ2v) is 5.44. The Morgan fingerprint density at radius 3 is 2.71 bits per heavy atom. The molecule has 3 rings (SSSR count). The maximum atomic E-state index is 13.8. The van der Waals surface area contributed by atoms with E-state index in [0.29, 0.717) is 13.0 Å². The van der Waals surface area contributed by atoms with Crippen LogP contribution in [-0.2, 0) is 6.42 Å². The van der Waals surface area contributed by atoms with E-state index < -0.39 is 17.5 Å².